The zero-order valence-electron chi connectivity index (χ0n) is 8.45. The second kappa shape index (κ2) is 3.73. The van der Waals surface area contributed by atoms with Crippen LogP contribution in [0.5, 0.6) is 0 Å². The largest absolute Gasteiger partial charge is 0.336 e. The highest BCUT2D eigenvalue weighted by Gasteiger charge is 2.28. The van der Waals surface area contributed by atoms with Crippen LogP contribution < -0.4 is 5.32 Å². The Balaban J connectivity index is 2.02. The summed E-state index contributed by atoms with van der Waals surface area (Å²) >= 11 is 0. The second-order valence-electron chi connectivity index (χ2n) is 3.68. The van der Waals surface area contributed by atoms with E-state index < -0.39 is 0 Å². The normalized spacial score (nSPS) is 16.8. The molecule has 0 spiro atoms. The average molecular weight is 204 g/mol. The summed E-state index contributed by atoms with van der Waals surface area (Å²) in [7, 11) is 0. The first-order chi connectivity index (χ1) is 7.20. The van der Waals surface area contributed by atoms with E-state index in [1.54, 1.807) is 6.92 Å². The summed E-state index contributed by atoms with van der Waals surface area (Å²) in [5, 5.41) is 9.21. The summed E-state index contributed by atoms with van der Waals surface area (Å²) in [6, 6.07) is -0.305. The van der Waals surface area contributed by atoms with Crippen LogP contribution in [0.4, 0.5) is 0 Å². The van der Waals surface area contributed by atoms with E-state index in [4.69, 9.17) is 6.42 Å². The van der Waals surface area contributed by atoms with E-state index >= 15 is 0 Å². The third-order valence-corrected chi connectivity index (χ3v) is 2.27. The minimum Gasteiger partial charge on any atom is -0.336 e. The number of H-pyrrole nitrogens is 1. The van der Waals surface area contributed by atoms with Gasteiger partial charge in [-0.2, -0.15) is 0 Å². The van der Waals surface area contributed by atoms with E-state index in [0.717, 1.165) is 18.7 Å². The quantitative estimate of drug-likeness (QED) is 0.701. The Bertz CT molecular complexity index is 413. The minimum absolute atomic E-state index is 0.166. The molecule has 1 heterocycles. The van der Waals surface area contributed by atoms with Gasteiger partial charge in [0, 0.05) is 5.92 Å². The van der Waals surface area contributed by atoms with Crippen LogP contribution in [0.15, 0.2) is 0 Å². The molecule has 1 unspecified atom stereocenters. The minimum atomic E-state index is -0.330. The van der Waals surface area contributed by atoms with Crippen LogP contribution in [0.3, 0.4) is 0 Å². The monoisotopic (exact) mass is 204 g/mol. The number of carbonyl (C=O) groups is 1. The van der Waals surface area contributed by atoms with Crippen LogP contribution in [0.2, 0.25) is 0 Å². The van der Waals surface area contributed by atoms with Crippen LogP contribution in [0, 0.1) is 12.3 Å². The lowest BCUT2D eigenvalue weighted by Gasteiger charge is -2.03. The number of hydrogen-bond donors (Lipinski definition) is 2. The van der Waals surface area contributed by atoms with Crippen LogP contribution in [-0.2, 0) is 0 Å². The van der Waals surface area contributed by atoms with Crippen molar-refractivity contribution in [1.82, 2.24) is 20.5 Å². The molecule has 0 aromatic carbocycles. The highest BCUT2D eigenvalue weighted by Crippen LogP contribution is 2.37. The Morgan fingerprint density at radius 1 is 1.73 bits per heavy atom. The Labute approximate surface area is 87.7 Å². The van der Waals surface area contributed by atoms with E-state index in [2.05, 4.69) is 26.4 Å². The maximum atomic E-state index is 11.5. The molecule has 0 bridgehead atoms. The molecule has 1 amide bonds. The lowest BCUT2D eigenvalue weighted by molar-refractivity contribution is 0.0938. The molecule has 1 fully saturated rings. The molecule has 5 heteroatoms. The van der Waals surface area contributed by atoms with Gasteiger partial charge in [-0.3, -0.25) is 9.89 Å². The standard InChI is InChI=1S/C10H12N4O/c1-3-6(2)11-10(15)9-12-8(13-14-9)7-4-5-7/h1,6-7H,4-5H2,2H3,(H,11,15)(H,12,13,14). The van der Waals surface area contributed by atoms with Crippen LogP contribution in [-0.4, -0.2) is 27.1 Å². The van der Waals surface area contributed by atoms with Gasteiger partial charge < -0.3 is 5.32 Å². The Hall–Kier alpha value is -1.83. The molecule has 1 aromatic rings. The van der Waals surface area contributed by atoms with E-state index in [-0.39, 0.29) is 17.8 Å². The van der Waals surface area contributed by atoms with E-state index in [9.17, 15) is 4.79 Å². The van der Waals surface area contributed by atoms with Crippen molar-refractivity contribution in [3.63, 3.8) is 0 Å². The zero-order valence-corrected chi connectivity index (χ0v) is 8.45. The summed E-state index contributed by atoms with van der Waals surface area (Å²) < 4.78 is 0. The fourth-order valence-corrected chi connectivity index (χ4v) is 1.22. The van der Waals surface area contributed by atoms with Crippen LogP contribution in [0.1, 0.15) is 42.1 Å². The maximum absolute atomic E-state index is 11.5. The highest BCUT2D eigenvalue weighted by atomic mass is 16.2. The molecule has 0 saturated heterocycles. The number of amides is 1. The van der Waals surface area contributed by atoms with Gasteiger partial charge in [-0.1, -0.05) is 5.92 Å². The Morgan fingerprint density at radius 3 is 3.07 bits per heavy atom. The molecule has 0 radical (unpaired) electrons. The lowest BCUT2D eigenvalue weighted by atomic mass is 10.3. The summed E-state index contributed by atoms with van der Waals surface area (Å²) in [4.78, 5) is 15.6. The molecule has 0 aliphatic heterocycles. The summed E-state index contributed by atoms with van der Waals surface area (Å²) in [6.45, 7) is 1.73. The predicted molar refractivity (Wildman–Crippen MR) is 54.1 cm³/mol. The SMILES string of the molecule is C#CC(C)NC(=O)c1n[nH]c(C2CC2)n1. The molecule has 2 rings (SSSR count). The number of rotatable bonds is 3. The van der Waals surface area contributed by atoms with E-state index in [0.29, 0.717) is 5.92 Å². The lowest BCUT2D eigenvalue weighted by Crippen LogP contribution is -2.32. The van der Waals surface area contributed by atoms with Crippen LogP contribution >= 0.6 is 0 Å². The Morgan fingerprint density at radius 2 is 2.47 bits per heavy atom. The van der Waals surface area contributed by atoms with Crippen molar-refractivity contribution in [3.05, 3.63) is 11.6 Å². The fraction of sp³-hybridized carbons (Fsp3) is 0.500. The first kappa shape index (κ1) is 9.71. The van der Waals surface area contributed by atoms with E-state index in [1.807, 2.05) is 0 Å². The molecular formula is C10H12N4O. The number of terminal acetylenes is 1. The number of carbonyl (C=O) groups excluding carboxylic acids is 1. The van der Waals surface area contributed by atoms with Gasteiger partial charge in [0.1, 0.15) is 5.82 Å². The molecule has 2 N–H and O–H groups in total. The number of aromatic nitrogens is 3. The van der Waals surface area contributed by atoms with Crippen molar-refractivity contribution < 1.29 is 4.79 Å². The van der Waals surface area contributed by atoms with Gasteiger partial charge in [0.25, 0.3) is 5.91 Å². The van der Waals surface area contributed by atoms with Gasteiger partial charge in [-0.25, -0.2) is 4.98 Å². The average Bonchev–Trinajstić information content (AvgIpc) is 2.96. The highest BCUT2D eigenvalue weighted by molar-refractivity contribution is 5.90. The van der Waals surface area contributed by atoms with Gasteiger partial charge in [-0.15, -0.1) is 11.5 Å². The van der Waals surface area contributed by atoms with Crippen molar-refractivity contribution in [2.45, 2.75) is 31.7 Å². The molecule has 1 aliphatic carbocycles. The zero-order chi connectivity index (χ0) is 10.8. The molecule has 15 heavy (non-hydrogen) atoms. The third-order valence-electron chi connectivity index (χ3n) is 2.27. The number of aromatic amines is 1. The third kappa shape index (κ3) is 2.15. The summed E-state index contributed by atoms with van der Waals surface area (Å²) in [5.41, 5.74) is 0. The molecule has 1 atom stereocenters. The van der Waals surface area contributed by atoms with Gasteiger partial charge >= 0.3 is 0 Å². The van der Waals surface area contributed by atoms with Crippen molar-refractivity contribution in [2.75, 3.05) is 0 Å². The van der Waals surface area contributed by atoms with Crippen LogP contribution in [0.25, 0.3) is 0 Å². The summed E-state index contributed by atoms with van der Waals surface area (Å²) in [5.74, 6) is 3.51. The van der Waals surface area contributed by atoms with E-state index in [1.165, 1.54) is 0 Å². The maximum Gasteiger partial charge on any atom is 0.291 e. The first-order valence-corrected chi connectivity index (χ1v) is 4.90. The Kier molecular flexibility index (Phi) is 2.42. The fourth-order valence-electron chi connectivity index (χ4n) is 1.22. The summed E-state index contributed by atoms with van der Waals surface area (Å²) in [6.07, 6.45) is 7.39. The number of nitrogens with one attached hydrogen (secondary N) is 2. The van der Waals surface area contributed by atoms with Gasteiger partial charge in [0.05, 0.1) is 6.04 Å². The molecular weight excluding hydrogens is 192 g/mol. The molecule has 1 aromatic heterocycles. The van der Waals surface area contributed by atoms with Crippen molar-refractivity contribution >= 4 is 5.91 Å². The molecule has 5 nitrogen and oxygen atoms in total. The molecule has 78 valence electrons. The van der Waals surface area contributed by atoms with Crippen molar-refractivity contribution in [1.29, 1.82) is 0 Å². The van der Waals surface area contributed by atoms with Gasteiger partial charge in [0.15, 0.2) is 0 Å². The smallest absolute Gasteiger partial charge is 0.291 e. The van der Waals surface area contributed by atoms with Gasteiger partial charge in [0.2, 0.25) is 5.82 Å². The topological polar surface area (TPSA) is 70.7 Å². The van der Waals surface area contributed by atoms with Crippen molar-refractivity contribution in [2.24, 2.45) is 0 Å². The van der Waals surface area contributed by atoms with Gasteiger partial charge in [-0.05, 0) is 19.8 Å². The number of hydrogen-bond acceptors (Lipinski definition) is 3. The molecule has 1 saturated carbocycles. The van der Waals surface area contributed by atoms with Crippen molar-refractivity contribution in [3.8, 4) is 12.3 Å². The second-order valence-corrected chi connectivity index (χ2v) is 3.68. The number of nitrogens with zero attached hydrogens (tertiary/aromatic N) is 2. The predicted octanol–water partition coefficient (Wildman–Crippen LogP) is 0.434. The first-order valence-electron chi connectivity index (χ1n) is 4.90. The molecule has 1 aliphatic rings.